The number of carbonyl (C=O) groups excluding carboxylic acids is 2. The molecule has 1 aromatic rings. The highest BCUT2D eigenvalue weighted by atomic mass is 32.2. The van der Waals surface area contributed by atoms with Crippen molar-refractivity contribution in [2.75, 3.05) is 23.7 Å². The number of amides is 1. The van der Waals surface area contributed by atoms with Crippen LogP contribution in [0.3, 0.4) is 0 Å². The van der Waals surface area contributed by atoms with Crippen LogP contribution in [0.15, 0.2) is 24.3 Å². The lowest BCUT2D eigenvalue weighted by molar-refractivity contribution is -0.116. The number of nitrogens with two attached hydrogens (primary N) is 1. The number of Topliss-reactive ketones (excluding diaryl/α,β-unsaturated/α-hetero) is 1. The standard InChI is InChI=1S/C13H16N2O2S/c1-9(16)10-3-2-4-11(5-10)15-7-12(6-14)18-8-13(15)17/h2-5,12H,6-8,14H2,1H3. The number of carbonyl (C=O) groups is 2. The van der Waals surface area contributed by atoms with Crippen molar-refractivity contribution in [3.8, 4) is 0 Å². The Morgan fingerprint density at radius 2 is 2.33 bits per heavy atom. The Labute approximate surface area is 111 Å². The van der Waals surface area contributed by atoms with Gasteiger partial charge in [0.25, 0.3) is 0 Å². The number of nitrogens with zero attached hydrogens (tertiary/aromatic N) is 1. The molecule has 96 valence electrons. The molecule has 1 fully saturated rings. The van der Waals surface area contributed by atoms with Gasteiger partial charge in [0.2, 0.25) is 5.91 Å². The van der Waals surface area contributed by atoms with Crippen LogP contribution < -0.4 is 10.6 Å². The summed E-state index contributed by atoms with van der Waals surface area (Å²) in [7, 11) is 0. The zero-order valence-electron chi connectivity index (χ0n) is 10.3. The Balaban J connectivity index is 2.26. The van der Waals surface area contributed by atoms with E-state index in [0.29, 0.717) is 24.4 Å². The van der Waals surface area contributed by atoms with Gasteiger partial charge in [0.15, 0.2) is 5.78 Å². The number of anilines is 1. The summed E-state index contributed by atoms with van der Waals surface area (Å²) in [6.45, 7) is 2.69. The Kier molecular flexibility index (Phi) is 4.04. The predicted molar refractivity (Wildman–Crippen MR) is 74.1 cm³/mol. The fraction of sp³-hybridized carbons (Fsp3) is 0.385. The fourth-order valence-electron chi connectivity index (χ4n) is 1.91. The third-order valence-electron chi connectivity index (χ3n) is 2.96. The number of hydrogen-bond acceptors (Lipinski definition) is 4. The van der Waals surface area contributed by atoms with Gasteiger partial charge in [0.1, 0.15) is 0 Å². The van der Waals surface area contributed by atoms with Gasteiger partial charge in [-0.05, 0) is 19.1 Å². The topological polar surface area (TPSA) is 63.4 Å². The molecule has 5 heteroatoms. The number of ketones is 1. The summed E-state index contributed by atoms with van der Waals surface area (Å²) in [5, 5.41) is 0.267. The summed E-state index contributed by atoms with van der Waals surface area (Å²) in [6, 6.07) is 7.19. The molecule has 0 saturated carbocycles. The highest BCUT2D eigenvalue weighted by Crippen LogP contribution is 2.25. The zero-order chi connectivity index (χ0) is 13.1. The summed E-state index contributed by atoms with van der Waals surface area (Å²) in [5.41, 5.74) is 7.07. The second kappa shape index (κ2) is 5.54. The third-order valence-corrected chi connectivity index (χ3v) is 4.18. The van der Waals surface area contributed by atoms with Gasteiger partial charge in [-0.15, -0.1) is 11.8 Å². The molecule has 1 atom stereocenters. The number of hydrogen-bond donors (Lipinski definition) is 1. The van der Waals surface area contributed by atoms with Crippen LogP contribution in [0, 0.1) is 0 Å². The van der Waals surface area contributed by atoms with Crippen LogP contribution >= 0.6 is 11.8 Å². The van der Waals surface area contributed by atoms with E-state index in [2.05, 4.69) is 0 Å². The molecule has 0 aromatic heterocycles. The fourth-order valence-corrected chi connectivity index (χ4v) is 2.83. The van der Waals surface area contributed by atoms with Crippen molar-refractivity contribution in [1.29, 1.82) is 0 Å². The molecule has 1 heterocycles. The molecule has 0 spiro atoms. The molecule has 1 amide bonds. The summed E-state index contributed by atoms with van der Waals surface area (Å²) >= 11 is 1.60. The van der Waals surface area contributed by atoms with Crippen molar-refractivity contribution in [3.63, 3.8) is 0 Å². The van der Waals surface area contributed by atoms with Gasteiger partial charge in [-0.25, -0.2) is 0 Å². The van der Waals surface area contributed by atoms with Crippen LogP contribution in [-0.4, -0.2) is 35.8 Å². The van der Waals surface area contributed by atoms with Gasteiger partial charge in [-0.2, -0.15) is 0 Å². The van der Waals surface area contributed by atoms with Crippen molar-refractivity contribution >= 4 is 29.1 Å². The molecule has 0 radical (unpaired) electrons. The van der Waals surface area contributed by atoms with Crippen LogP contribution in [0.25, 0.3) is 0 Å². The van der Waals surface area contributed by atoms with E-state index in [4.69, 9.17) is 5.73 Å². The molecule has 1 unspecified atom stereocenters. The van der Waals surface area contributed by atoms with Crippen LogP contribution in [0.4, 0.5) is 5.69 Å². The molecule has 1 aromatic carbocycles. The normalized spacial score (nSPS) is 20.0. The Morgan fingerprint density at radius 3 is 3.00 bits per heavy atom. The largest absolute Gasteiger partial charge is 0.329 e. The van der Waals surface area contributed by atoms with Crippen LogP contribution in [0.2, 0.25) is 0 Å². The lowest BCUT2D eigenvalue weighted by Crippen LogP contribution is -2.45. The minimum Gasteiger partial charge on any atom is -0.329 e. The number of benzene rings is 1. The Hall–Kier alpha value is -1.33. The van der Waals surface area contributed by atoms with Crippen LogP contribution in [-0.2, 0) is 4.79 Å². The summed E-state index contributed by atoms with van der Waals surface area (Å²) in [5.74, 6) is 0.531. The van der Waals surface area contributed by atoms with Crippen molar-refractivity contribution in [1.82, 2.24) is 0 Å². The van der Waals surface area contributed by atoms with Gasteiger partial charge < -0.3 is 10.6 Å². The second-order valence-electron chi connectivity index (χ2n) is 4.28. The first-order chi connectivity index (χ1) is 8.61. The summed E-state index contributed by atoms with van der Waals surface area (Å²) < 4.78 is 0. The molecular formula is C13H16N2O2S. The second-order valence-corrected chi connectivity index (χ2v) is 5.57. The van der Waals surface area contributed by atoms with E-state index < -0.39 is 0 Å². The average Bonchev–Trinajstić information content (AvgIpc) is 2.39. The van der Waals surface area contributed by atoms with Gasteiger partial charge in [-0.1, -0.05) is 12.1 Å². The van der Waals surface area contributed by atoms with E-state index in [-0.39, 0.29) is 16.9 Å². The Morgan fingerprint density at radius 1 is 1.56 bits per heavy atom. The molecule has 0 bridgehead atoms. The maximum atomic E-state index is 11.9. The Bertz CT molecular complexity index is 476. The maximum absolute atomic E-state index is 11.9. The summed E-state index contributed by atoms with van der Waals surface area (Å²) in [6.07, 6.45) is 0. The average molecular weight is 264 g/mol. The van der Waals surface area contributed by atoms with E-state index in [1.54, 1.807) is 34.9 Å². The van der Waals surface area contributed by atoms with E-state index >= 15 is 0 Å². The predicted octanol–water partition coefficient (Wildman–Crippen LogP) is 1.30. The highest BCUT2D eigenvalue weighted by molar-refractivity contribution is 8.00. The maximum Gasteiger partial charge on any atom is 0.237 e. The van der Waals surface area contributed by atoms with Crippen LogP contribution in [0.1, 0.15) is 17.3 Å². The highest BCUT2D eigenvalue weighted by Gasteiger charge is 2.26. The van der Waals surface area contributed by atoms with Crippen molar-refractivity contribution in [2.24, 2.45) is 5.73 Å². The number of thioether (sulfide) groups is 1. The monoisotopic (exact) mass is 264 g/mol. The molecule has 1 aliphatic heterocycles. The van der Waals surface area contributed by atoms with Crippen LogP contribution in [0.5, 0.6) is 0 Å². The minimum absolute atomic E-state index is 0.00561. The zero-order valence-corrected chi connectivity index (χ0v) is 11.1. The van der Waals surface area contributed by atoms with Gasteiger partial charge >= 0.3 is 0 Å². The molecule has 0 aliphatic carbocycles. The van der Waals surface area contributed by atoms with E-state index in [1.807, 2.05) is 6.07 Å². The lowest BCUT2D eigenvalue weighted by Gasteiger charge is -2.31. The van der Waals surface area contributed by atoms with E-state index in [9.17, 15) is 9.59 Å². The van der Waals surface area contributed by atoms with Gasteiger partial charge in [0, 0.05) is 29.6 Å². The molecular weight excluding hydrogens is 248 g/mol. The molecule has 1 aliphatic rings. The third kappa shape index (κ3) is 2.73. The minimum atomic E-state index is 0.00561. The first kappa shape index (κ1) is 13.1. The quantitative estimate of drug-likeness (QED) is 0.836. The SMILES string of the molecule is CC(=O)c1cccc(N2CC(CN)SCC2=O)c1. The molecule has 18 heavy (non-hydrogen) atoms. The van der Waals surface area contributed by atoms with Crippen molar-refractivity contribution in [3.05, 3.63) is 29.8 Å². The first-order valence-electron chi connectivity index (χ1n) is 5.85. The molecule has 2 N–H and O–H groups in total. The first-order valence-corrected chi connectivity index (χ1v) is 6.89. The van der Waals surface area contributed by atoms with Crippen molar-refractivity contribution < 1.29 is 9.59 Å². The molecule has 4 nitrogen and oxygen atoms in total. The molecule has 1 saturated heterocycles. The van der Waals surface area contributed by atoms with E-state index in [0.717, 1.165) is 5.69 Å². The lowest BCUT2D eigenvalue weighted by atomic mass is 10.1. The smallest absolute Gasteiger partial charge is 0.237 e. The summed E-state index contributed by atoms with van der Waals surface area (Å²) in [4.78, 5) is 25.0. The van der Waals surface area contributed by atoms with E-state index in [1.165, 1.54) is 6.92 Å². The number of rotatable bonds is 3. The van der Waals surface area contributed by atoms with Crippen molar-refractivity contribution in [2.45, 2.75) is 12.2 Å². The molecule has 2 rings (SSSR count). The van der Waals surface area contributed by atoms with Gasteiger partial charge in [-0.3, -0.25) is 9.59 Å². The van der Waals surface area contributed by atoms with Gasteiger partial charge in [0.05, 0.1) is 5.75 Å².